The molecule has 2 aromatic carbocycles. The third kappa shape index (κ3) is 3.10. The average Bonchev–Trinajstić information content (AvgIpc) is 2.94. The van der Waals surface area contributed by atoms with Crippen molar-refractivity contribution in [1.82, 2.24) is 9.88 Å². The first kappa shape index (κ1) is 15.3. The summed E-state index contributed by atoms with van der Waals surface area (Å²) in [7, 11) is 4.02. The van der Waals surface area contributed by atoms with Gasteiger partial charge in [0.1, 0.15) is 0 Å². The van der Waals surface area contributed by atoms with E-state index in [-0.39, 0.29) is 0 Å². The molecule has 0 saturated carbocycles. The molecule has 1 aromatic heterocycles. The predicted molar refractivity (Wildman–Crippen MR) is 94.4 cm³/mol. The van der Waals surface area contributed by atoms with Crippen LogP contribution in [0.1, 0.15) is 15.9 Å². The zero-order chi connectivity index (χ0) is 16.2. The number of rotatable bonds is 5. The molecule has 0 amide bonds. The molecule has 23 heavy (non-hydrogen) atoms. The van der Waals surface area contributed by atoms with E-state index in [1.165, 1.54) is 0 Å². The van der Waals surface area contributed by atoms with E-state index in [1.54, 1.807) is 0 Å². The maximum absolute atomic E-state index is 11.8. The second-order valence-corrected chi connectivity index (χ2v) is 5.85. The van der Waals surface area contributed by atoms with Crippen LogP contribution in [-0.2, 0) is 6.54 Å². The zero-order valence-electron chi connectivity index (χ0n) is 13.4. The molecule has 0 aliphatic heterocycles. The molecule has 0 radical (unpaired) electrons. The maximum atomic E-state index is 11.8. The maximum Gasteiger partial charge on any atom is 0.152 e. The molecule has 3 heteroatoms. The Labute approximate surface area is 136 Å². The van der Waals surface area contributed by atoms with Gasteiger partial charge in [-0.2, -0.15) is 0 Å². The number of hydrogen-bond acceptors (Lipinski definition) is 2. The molecule has 1 N–H and O–H groups in total. The van der Waals surface area contributed by atoms with Crippen LogP contribution in [0.4, 0.5) is 0 Å². The molecule has 116 valence electrons. The van der Waals surface area contributed by atoms with Crippen molar-refractivity contribution < 1.29 is 4.79 Å². The summed E-state index contributed by atoms with van der Waals surface area (Å²) in [4.78, 5) is 17.4. The van der Waals surface area contributed by atoms with E-state index in [1.807, 2.05) is 62.6 Å². The van der Waals surface area contributed by atoms with Crippen LogP contribution in [-0.4, -0.2) is 30.3 Å². The normalized spacial score (nSPS) is 10.9. The van der Waals surface area contributed by atoms with Gasteiger partial charge < -0.3 is 9.88 Å². The second-order valence-electron chi connectivity index (χ2n) is 5.85. The van der Waals surface area contributed by atoms with E-state index in [9.17, 15) is 4.79 Å². The van der Waals surface area contributed by atoms with E-state index in [0.29, 0.717) is 6.54 Å². The van der Waals surface area contributed by atoms with Crippen LogP contribution in [0.2, 0.25) is 0 Å². The molecule has 3 nitrogen and oxygen atoms in total. The number of aromatic amines is 1. The molecular formula is C20H20N2O. The molecule has 0 atom stereocenters. The van der Waals surface area contributed by atoms with Gasteiger partial charge >= 0.3 is 0 Å². The number of hydrogen-bond donors (Lipinski definition) is 1. The first-order valence-corrected chi connectivity index (χ1v) is 7.66. The summed E-state index contributed by atoms with van der Waals surface area (Å²) in [5, 5.41) is 0. The van der Waals surface area contributed by atoms with E-state index >= 15 is 0 Å². The van der Waals surface area contributed by atoms with Crippen molar-refractivity contribution in [2.75, 3.05) is 14.1 Å². The second kappa shape index (κ2) is 6.63. The number of carbonyl (C=O) groups is 1. The Bertz CT molecular complexity index is 789. The minimum Gasteiger partial charge on any atom is -0.354 e. The van der Waals surface area contributed by atoms with E-state index in [2.05, 4.69) is 22.0 Å². The van der Waals surface area contributed by atoms with Crippen molar-refractivity contribution >= 4 is 6.29 Å². The fraction of sp³-hybridized carbons (Fsp3) is 0.150. The van der Waals surface area contributed by atoms with Gasteiger partial charge in [-0.3, -0.25) is 4.79 Å². The van der Waals surface area contributed by atoms with Gasteiger partial charge in [-0.1, -0.05) is 60.7 Å². The van der Waals surface area contributed by atoms with Crippen molar-refractivity contribution in [2.24, 2.45) is 0 Å². The summed E-state index contributed by atoms with van der Waals surface area (Å²) < 4.78 is 0. The van der Waals surface area contributed by atoms with Crippen LogP contribution in [0.15, 0.2) is 60.7 Å². The minimum atomic E-state index is 0.710. The van der Waals surface area contributed by atoms with Crippen molar-refractivity contribution in [3.63, 3.8) is 0 Å². The smallest absolute Gasteiger partial charge is 0.152 e. The predicted octanol–water partition coefficient (Wildman–Crippen LogP) is 4.22. The topological polar surface area (TPSA) is 36.1 Å². The first-order valence-electron chi connectivity index (χ1n) is 7.66. The Morgan fingerprint density at radius 1 is 0.870 bits per heavy atom. The van der Waals surface area contributed by atoms with Gasteiger partial charge in [-0.25, -0.2) is 0 Å². The number of benzene rings is 2. The Morgan fingerprint density at radius 3 is 1.87 bits per heavy atom. The molecule has 0 fully saturated rings. The van der Waals surface area contributed by atoms with E-state index in [0.717, 1.165) is 39.9 Å². The summed E-state index contributed by atoms with van der Waals surface area (Å²) >= 11 is 0. The molecule has 0 unspecified atom stereocenters. The monoisotopic (exact) mass is 304 g/mol. The molecule has 0 aliphatic rings. The largest absolute Gasteiger partial charge is 0.354 e. The van der Waals surface area contributed by atoms with Gasteiger partial charge in [0.05, 0.1) is 11.4 Å². The summed E-state index contributed by atoms with van der Waals surface area (Å²) in [6.45, 7) is 0.710. The summed E-state index contributed by atoms with van der Waals surface area (Å²) in [6.07, 6.45) is 0.962. The van der Waals surface area contributed by atoms with Gasteiger partial charge in [0.15, 0.2) is 6.29 Å². The average molecular weight is 304 g/mol. The van der Waals surface area contributed by atoms with Crippen LogP contribution in [0.5, 0.6) is 0 Å². The summed E-state index contributed by atoms with van der Waals surface area (Å²) in [5.74, 6) is 0. The number of carbonyl (C=O) groups excluding carboxylic acids is 1. The Morgan fingerprint density at radius 2 is 1.39 bits per heavy atom. The van der Waals surface area contributed by atoms with Crippen LogP contribution in [0.25, 0.3) is 22.5 Å². The van der Waals surface area contributed by atoms with Crippen LogP contribution in [0.3, 0.4) is 0 Å². The van der Waals surface area contributed by atoms with Crippen molar-refractivity contribution in [2.45, 2.75) is 6.54 Å². The minimum absolute atomic E-state index is 0.710. The fourth-order valence-electron chi connectivity index (χ4n) is 2.85. The van der Waals surface area contributed by atoms with Crippen molar-refractivity contribution in [1.29, 1.82) is 0 Å². The van der Waals surface area contributed by atoms with Gasteiger partial charge in [0.25, 0.3) is 0 Å². The molecule has 3 rings (SSSR count). The summed E-state index contributed by atoms with van der Waals surface area (Å²) in [6, 6.07) is 20.1. The highest BCUT2D eigenvalue weighted by molar-refractivity contribution is 5.92. The lowest BCUT2D eigenvalue weighted by Gasteiger charge is -2.11. The van der Waals surface area contributed by atoms with Gasteiger partial charge in [0, 0.05) is 17.7 Å². The van der Waals surface area contributed by atoms with E-state index < -0.39 is 0 Å². The van der Waals surface area contributed by atoms with Crippen molar-refractivity contribution in [3.05, 3.63) is 71.8 Å². The Balaban J connectivity index is 2.23. The van der Waals surface area contributed by atoms with E-state index in [4.69, 9.17) is 0 Å². The zero-order valence-corrected chi connectivity index (χ0v) is 13.4. The lowest BCUT2D eigenvalue weighted by atomic mass is 10.0. The third-order valence-corrected chi connectivity index (χ3v) is 3.86. The highest BCUT2D eigenvalue weighted by atomic mass is 16.1. The number of nitrogens with zero attached hydrogens (tertiary/aromatic N) is 1. The van der Waals surface area contributed by atoms with Gasteiger partial charge in [0.2, 0.25) is 0 Å². The van der Waals surface area contributed by atoms with Gasteiger partial charge in [-0.15, -0.1) is 0 Å². The number of nitrogens with one attached hydrogen (secondary N) is 1. The molecule has 0 bridgehead atoms. The van der Waals surface area contributed by atoms with Crippen molar-refractivity contribution in [3.8, 4) is 22.5 Å². The molecular weight excluding hydrogens is 284 g/mol. The number of H-pyrrole nitrogens is 1. The molecule has 0 saturated heterocycles. The lowest BCUT2D eigenvalue weighted by Crippen LogP contribution is -2.12. The summed E-state index contributed by atoms with van der Waals surface area (Å²) in [5.41, 5.74) is 5.79. The number of aldehydes is 1. The highest BCUT2D eigenvalue weighted by Crippen LogP contribution is 2.33. The van der Waals surface area contributed by atoms with Crippen LogP contribution < -0.4 is 0 Å². The highest BCUT2D eigenvalue weighted by Gasteiger charge is 2.19. The molecule has 3 aromatic rings. The Kier molecular flexibility index (Phi) is 4.40. The molecule has 0 aliphatic carbocycles. The quantitative estimate of drug-likeness (QED) is 0.716. The fourth-order valence-corrected chi connectivity index (χ4v) is 2.85. The molecule has 1 heterocycles. The SMILES string of the molecule is CN(C)Cc1c(-c2ccccc2)[nH]c(-c2ccccc2)c1C=O. The first-order chi connectivity index (χ1) is 11.2. The standard InChI is InChI=1S/C20H20N2O/c1-22(2)13-17-18(14-23)20(16-11-7-4-8-12-16)21-19(17)15-9-5-3-6-10-15/h3-12,14,21H,13H2,1-2H3. The Hall–Kier alpha value is -2.65. The lowest BCUT2D eigenvalue weighted by molar-refractivity contribution is 0.112. The van der Waals surface area contributed by atoms with Crippen LogP contribution >= 0.6 is 0 Å². The number of aromatic nitrogens is 1. The van der Waals surface area contributed by atoms with Gasteiger partial charge in [-0.05, 0) is 25.2 Å². The third-order valence-electron chi connectivity index (χ3n) is 3.86. The molecule has 0 spiro atoms. The van der Waals surface area contributed by atoms with Crippen LogP contribution in [0, 0.1) is 0 Å².